The highest BCUT2D eigenvalue weighted by Crippen LogP contribution is 2.22. The second kappa shape index (κ2) is 10.7. The van der Waals surface area contributed by atoms with E-state index in [1.165, 1.54) is 5.56 Å². The molecule has 1 amide bonds. The zero-order valence-electron chi connectivity index (χ0n) is 18.3. The van der Waals surface area contributed by atoms with Gasteiger partial charge in [-0.15, -0.1) is 0 Å². The van der Waals surface area contributed by atoms with Crippen LogP contribution in [0.1, 0.15) is 37.6 Å². The van der Waals surface area contributed by atoms with Crippen molar-refractivity contribution >= 4 is 17.5 Å². The van der Waals surface area contributed by atoms with E-state index in [4.69, 9.17) is 16.1 Å². The lowest BCUT2D eigenvalue weighted by Gasteiger charge is -2.30. The summed E-state index contributed by atoms with van der Waals surface area (Å²) in [6, 6.07) is 18.0. The molecule has 3 aromatic rings. The Morgan fingerprint density at radius 3 is 2.72 bits per heavy atom. The summed E-state index contributed by atoms with van der Waals surface area (Å²) in [6.07, 6.45) is 3.60. The Kier molecular flexibility index (Phi) is 7.55. The minimum Gasteiger partial charge on any atom is -0.353 e. The van der Waals surface area contributed by atoms with Gasteiger partial charge in [-0.25, -0.2) is 0 Å². The van der Waals surface area contributed by atoms with E-state index in [1.54, 1.807) is 0 Å². The van der Waals surface area contributed by atoms with Crippen molar-refractivity contribution in [1.82, 2.24) is 20.4 Å². The molecule has 1 aliphatic heterocycles. The molecule has 0 saturated carbocycles. The van der Waals surface area contributed by atoms with Crippen molar-refractivity contribution in [2.75, 3.05) is 13.1 Å². The van der Waals surface area contributed by atoms with Gasteiger partial charge in [-0.05, 0) is 63.4 Å². The topological polar surface area (TPSA) is 71.3 Å². The van der Waals surface area contributed by atoms with Crippen molar-refractivity contribution in [3.8, 4) is 11.4 Å². The lowest BCUT2D eigenvalue weighted by atomic mass is 9.95. The fourth-order valence-electron chi connectivity index (χ4n) is 4.07. The monoisotopic (exact) mass is 452 g/mol. The molecule has 1 fully saturated rings. The second-order valence-electron chi connectivity index (χ2n) is 8.51. The predicted molar refractivity (Wildman–Crippen MR) is 125 cm³/mol. The third-order valence-corrected chi connectivity index (χ3v) is 6.20. The molecule has 1 unspecified atom stereocenters. The van der Waals surface area contributed by atoms with Crippen LogP contribution in [0, 0.1) is 5.92 Å². The van der Waals surface area contributed by atoms with Gasteiger partial charge in [0.05, 0.1) is 6.54 Å². The Morgan fingerprint density at radius 1 is 1.19 bits per heavy atom. The minimum atomic E-state index is 0.0649. The number of amides is 1. The van der Waals surface area contributed by atoms with Crippen molar-refractivity contribution in [3.05, 3.63) is 71.1 Å². The summed E-state index contributed by atoms with van der Waals surface area (Å²) in [7, 11) is 0. The zero-order valence-corrected chi connectivity index (χ0v) is 19.1. The molecule has 0 bridgehead atoms. The van der Waals surface area contributed by atoms with Crippen LogP contribution in [0.15, 0.2) is 59.1 Å². The predicted octanol–water partition coefficient (Wildman–Crippen LogP) is 4.74. The number of nitrogens with one attached hydrogen (secondary N) is 1. The van der Waals surface area contributed by atoms with Gasteiger partial charge in [0.25, 0.3) is 0 Å². The van der Waals surface area contributed by atoms with Gasteiger partial charge in [-0.3, -0.25) is 9.69 Å². The molecular weight excluding hydrogens is 424 g/mol. The van der Waals surface area contributed by atoms with Crippen LogP contribution in [0.3, 0.4) is 0 Å². The number of rotatable bonds is 8. The van der Waals surface area contributed by atoms with E-state index in [2.05, 4.69) is 51.5 Å². The third-order valence-electron chi connectivity index (χ3n) is 5.97. The molecule has 0 spiro atoms. The number of aromatic nitrogens is 2. The average Bonchev–Trinajstić information content (AvgIpc) is 3.27. The molecule has 32 heavy (non-hydrogen) atoms. The van der Waals surface area contributed by atoms with Crippen LogP contribution in [-0.2, 0) is 17.8 Å². The van der Waals surface area contributed by atoms with Gasteiger partial charge in [0.15, 0.2) is 0 Å². The number of hydrogen-bond acceptors (Lipinski definition) is 5. The van der Waals surface area contributed by atoms with Gasteiger partial charge < -0.3 is 9.84 Å². The molecule has 7 heteroatoms. The van der Waals surface area contributed by atoms with Gasteiger partial charge >= 0.3 is 0 Å². The third kappa shape index (κ3) is 6.17. The van der Waals surface area contributed by atoms with Gasteiger partial charge in [0.1, 0.15) is 0 Å². The number of halogens is 1. The fraction of sp³-hybridized carbons (Fsp3) is 0.400. The van der Waals surface area contributed by atoms with Crippen LogP contribution in [0.2, 0.25) is 5.02 Å². The maximum atomic E-state index is 12.7. The molecule has 1 atom stereocenters. The largest absolute Gasteiger partial charge is 0.353 e. The Bertz CT molecular complexity index is 1020. The quantitative estimate of drug-likeness (QED) is 0.534. The van der Waals surface area contributed by atoms with Crippen LogP contribution in [0.4, 0.5) is 0 Å². The number of carbonyl (C=O) groups excluding carboxylic acids is 1. The van der Waals surface area contributed by atoms with Gasteiger partial charge in [-0.2, -0.15) is 4.98 Å². The molecule has 1 aromatic heterocycles. The first-order valence-electron chi connectivity index (χ1n) is 11.2. The van der Waals surface area contributed by atoms with E-state index in [1.807, 2.05) is 30.3 Å². The Labute approximate surface area is 194 Å². The molecule has 1 saturated heterocycles. The van der Waals surface area contributed by atoms with E-state index in [0.717, 1.165) is 44.3 Å². The lowest BCUT2D eigenvalue weighted by molar-refractivity contribution is -0.127. The van der Waals surface area contributed by atoms with Crippen LogP contribution < -0.4 is 5.32 Å². The maximum Gasteiger partial charge on any atom is 0.241 e. The van der Waals surface area contributed by atoms with E-state index in [-0.39, 0.29) is 17.9 Å². The first-order chi connectivity index (χ1) is 15.6. The van der Waals surface area contributed by atoms with Crippen LogP contribution in [-0.4, -0.2) is 40.1 Å². The van der Waals surface area contributed by atoms with Crippen molar-refractivity contribution in [3.63, 3.8) is 0 Å². The van der Waals surface area contributed by atoms with E-state index < -0.39 is 0 Å². The van der Waals surface area contributed by atoms with Crippen molar-refractivity contribution in [2.45, 2.75) is 45.2 Å². The van der Waals surface area contributed by atoms with Gasteiger partial charge in [-0.1, -0.05) is 59.2 Å². The molecule has 6 nitrogen and oxygen atoms in total. The number of hydrogen-bond donors (Lipinski definition) is 1. The van der Waals surface area contributed by atoms with Crippen LogP contribution in [0.25, 0.3) is 11.4 Å². The van der Waals surface area contributed by atoms with Crippen molar-refractivity contribution in [2.24, 2.45) is 5.92 Å². The van der Waals surface area contributed by atoms with Gasteiger partial charge in [0, 0.05) is 22.5 Å². The number of likely N-dealkylation sites (tertiary alicyclic amines) is 1. The highest BCUT2D eigenvalue weighted by Gasteiger charge is 2.26. The summed E-state index contributed by atoms with van der Waals surface area (Å²) in [5.41, 5.74) is 2.14. The minimum absolute atomic E-state index is 0.0649. The smallest absolute Gasteiger partial charge is 0.241 e. The number of piperidine rings is 1. The number of nitrogens with zero attached hydrogens (tertiary/aromatic N) is 3. The Morgan fingerprint density at radius 2 is 1.97 bits per heavy atom. The highest BCUT2D eigenvalue weighted by atomic mass is 35.5. The maximum absolute atomic E-state index is 12.7. The SMILES string of the molecule is CC(CCc1ccccc1)NC(=O)C1CCN(Cc2nc(-c3cccc(Cl)c3)no2)CC1. The lowest BCUT2D eigenvalue weighted by Crippen LogP contribution is -2.43. The summed E-state index contributed by atoms with van der Waals surface area (Å²) in [5.74, 6) is 1.36. The number of benzene rings is 2. The van der Waals surface area contributed by atoms with E-state index >= 15 is 0 Å². The summed E-state index contributed by atoms with van der Waals surface area (Å²) < 4.78 is 5.43. The normalized spacial score (nSPS) is 16.1. The fourth-order valence-corrected chi connectivity index (χ4v) is 4.26. The Hall–Kier alpha value is -2.70. The molecule has 0 aliphatic carbocycles. The summed E-state index contributed by atoms with van der Waals surface area (Å²) in [6.45, 7) is 4.36. The first-order valence-corrected chi connectivity index (χ1v) is 11.6. The zero-order chi connectivity index (χ0) is 22.3. The standard InChI is InChI=1S/C25H29ClN4O2/c1-18(10-11-19-6-3-2-4-7-19)27-25(31)20-12-14-30(15-13-20)17-23-28-24(29-32-23)21-8-5-9-22(26)16-21/h2-9,16,18,20H,10-15,17H2,1H3,(H,27,31). The summed E-state index contributed by atoms with van der Waals surface area (Å²) in [5, 5.41) is 7.92. The number of carbonyl (C=O) groups is 1. The van der Waals surface area contributed by atoms with Crippen molar-refractivity contribution < 1.29 is 9.32 Å². The van der Waals surface area contributed by atoms with Gasteiger partial charge in [0.2, 0.25) is 17.6 Å². The molecule has 4 rings (SSSR count). The molecule has 1 aliphatic rings. The molecule has 2 heterocycles. The highest BCUT2D eigenvalue weighted by molar-refractivity contribution is 6.30. The molecule has 0 radical (unpaired) electrons. The van der Waals surface area contributed by atoms with Crippen LogP contribution >= 0.6 is 11.6 Å². The summed E-state index contributed by atoms with van der Waals surface area (Å²) in [4.78, 5) is 19.5. The molecule has 1 N–H and O–H groups in total. The van der Waals surface area contributed by atoms with Crippen LogP contribution in [0.5, 0.6) is 0 Å². The molecule has 168 valence electrons. The second-order valence-corrected chi connectivity index (χ2v) is 8.94. The van der Waals surface area contributed by atoms with E-state index in [9.17, 15) is 4.79 Å². The van der Waals surface area contributed by atoms with E-state index in [0.29, 0.717) is 23.3 Å². The Balaban J connectivity index is 1.20. The summed E-state index contributed by atoms with van der Waals surface area (Å²) >= 11 is 6.05. The first kappa shape index (κ1) is 22.5. The molecular formula is C25H29ClN4O2. The van der Waals surface area contributed by atoms with Crippen molar-refractivity contribution in [1.29, 1.82) is 0 Å². The molecule has 2 aromatic carbocycles. The number of aryl methyl sites for hydroxylation is 1. The average molecular weight is 453 g/mol.